The molecule has 2 aromatic rings. The molecule has 2 atom stereocenters. The first-order valence-electron chi connectivity index (χ1n) is 10.0. The van der Waals surface area contributed by atoms with E-state index >= 15 is 0 Å². The molecule has 0 unspecified atom stereocenters. The number of hydrogen-bond donors (Lipinski definition) is 3. The molecule has 2 aromatic carbocycles. The van der Waals surface area contributed by atoms with E-state index in [9.17, 15) is 9.59 Å². The van der Waals surface area contributed by atoms with Gasteiger partial charge in [0.15, 0.2) is 0 Å². The van der Waals surface area contributed by atoms with Gasteiger partial charge in [0.05, 0.1) is 6.10 Å². The molecule has 0 saturated carbocycles. The van der Waals surface area contributed by atoms with E-state index in [0.29, 0.717) is 26.1 Å². The number of rotatable bonds is 4. The van der Waals surface area contributed by atoms with E-state index in [-0.39, 0.29) is 36.6 Å². The smallest absolute Gasteiger partial charge is 0.323 e. The lowest BCUT2D eigenvalue weighted by Crippen LogP contribution is -2.42. The number of para-hydroxylation sites is 1. The molecule has 0 radical (unpaired) electrons. The fraction of sp³-hybridized carbons (Fsp3) is 0.364. The molecule has 2 aliphatic rings. The van der Waals surface area contributed by atoms with Crippen LogP contribution in [0.4, 0.5) is 16.2 Å². The zero-order chi connectivity index (χ0) is 20.2. The zero-order valence-electron chi connectivity index (χ0n) is 16.7. The zero-order valence-corrected chi connectivity index (χ0v) is 17.5. The van der Waals surface area contributed by atoms with Crippen LogP contribution in [-0.4, -0.2) is 42.1 Å². The van der Waals surface area contributed by atoms with Crippen LogP contribution >= 0.6 is 12.4 Å². The fourth-order valence-electron chi connectivity index (χ4n) is 3.99. The van der Waals surface area contributed by atoms with Crippen molar-refractivity contribution in [1.82, 2.24) is 4.90 Å². The molecule has 8 heteroatoms. The van der Waals surface area contributed by atoms with Gasteiger partial charge in [-0.25, -0.2) is 4.79 Å². The summed E-state index contributed by atoms with van der Waals surface area (Å²) in [6, 6.07) is 14.8. The van der Waals surface area contributed by atoms with Gasteiger partial charge in [0.2, 0.25) is 0 Å². The van der Waals surface area contributed by atoms with Crippen LogP contribution < -0.4 is 16.4 Å². The van der Waals surface area contributed by atoms with Crippen LogP contribution in [0.15, 0.2) is 48.5 Å². The van der Waals surface area contributed by atoms with Crippen molar-refractivity contribution in [2.75, 3.05) is 23.7 Å². The van der Waals surface area contributed by atoms with Crippen LogP contribution in [0.5, 0.6) is 0 Å². The Morgan fingerprint density at radius 1 is 1.07 bits per heavy atom. The predicted octanol–water partition coefficient (Wildman–Crippen LogP) is 3.14. The van der Waals surface area contributed by atoms with Gasteiger partial charge in [0.25, 0.3) is 5.91 Å². The van der Waals surface area contributed by atoms with Gasteiger partial charge in [-0.2, -0.15) is 0 Å². The molecule has 1 fully saturated rings. The van der Waals surface area contributed by atoms with Crippen LogP contribution in [0.2, 0.25) is 0 Å². The number of carbonyl (C=O) groups is 2. The van der Waals surface area contributed by atoms with Crippen molar-refractivity contribution in [2.24, 2.45) is 5.73 Å². The highest BCUT2D eigenvalue weighted by Gasteiger charge is 2.34. The van der Waals surface area contributed by atoms with Gasteiger partial charge in [-0.15, -0.1) is 12.4 Å². The lowest BCUT2D eigenvalue weighted by molar-refractivity contribution is -0.143. The van der Waals surface area contributed by atoms with Gasteiger partial charge in [-0.3, -0.25) is 4.79 Å². The normalized spacial score (nSPS) is 20.1. The topological polar surface area (TPSA) is 96.7 Å². The monoisotopic (exact) mass is 430 g/mol. The Morgan fingerprint density at radius 3 is 2.60 bits per heavy atom. The van der Waals surface area contributed by atoms with E-state index in [4.69, 9.17) is 10.5 Å². The number of urea groups is 1. The van der Waals surface area contributed by atoms with Crippen molar-refractivity contribution in [1.29, 1.82) is 0 Å². The van der Waals surface area contributed by atoms with Gasteiger partial charge >= 0.3 is 6.03 Å². The van der Waals surface area contributed by atoms with Crippen LogP contribution in [0.1, 0.15) is 24.0 Å². The van der Waals surface area contributed by atoms with Crippen molar-refractivity contribution in [3.63, 3.8) is 0 Å². The third kappa shape index (κ3) is 4.92. The summed E-state index contributed by atoms with van der Waals surface area (Å²) in [5, 5.41) is 5.77. The average Bonchev–Trinajstić information content (AvgIpc) is 3.23. The molecule has 30 heavy (non-hydrogen) atoms. The summed E-state index contributed by atoms with van der Waals surface area (Å²) in [7, 11) is 0. The maximum atomic E-state index is 12.8. The number of benzene rings is 2. The number of ether oxygens (including phenoxy) is 1. The first-order valence-corrected chi connectivity index (χ1v) is 10.0. The molecule has 4 rings (SSSR count). The standard InChI is InChI=1S/C22H26N4O3.ClH/c23-13-17-9-10-20(29-17)21(27)26-12-11-18-15(14-26)5-4-8-19(18)25-22(28)24-16-6-2-1-3-7-16;/h1-8,17,20H,9-14,23H2,(H2,24,25,28);1H/t17-,20+;/m1./s1. The van der Waals surface area contributed by atoms with Gasteiger partial charge in [0, 0.05) is 31.0 Å². The number of amides is 3. The van der Waals surface area contributed by atoms with Crippen LogP contribution in [-0.2, 0) is 22.5 Å². The number of nitrogens with zero attached hydrogens (tertiary/aromatic N) is 1. The minimum atomic E-state index is -0.386. The third-order valence-corrected chi connectivity index (χ3v) is 5.50. The summed E-state index contributed by atoms with van der Waals surface area (Å²) < 4.78 is 5.77. The molecule has 160 valence electrons. The highest BCUT2D eigenvalue weighted by atomic mass is 35.5. The minimum absolute atomic E-state index is 0. The maximum absolute atomic E-state index is 12.8. The van der Waals surface area contributed by atoms with E-state index in [1.165, 1.54) is 0 Å². The van der Waals surface area contributed by atoms with Crippen molar-refractivity contribution in [3.8, 4) is 0 Å². The van der Waals surface area contributed by atoms with Crippen LogP contribution in [0.3, 0.4) is 0 Å². The number of nitrogens with one attached hydrogen (secondary N) is 2. The van der Waals surface area contributed by atoms with Crippen molar-refractivity contribution < 1.29 is 14.3 Å². The largest absolute Gasteiger partial charge is 0.364 e. The van der Waals surface area contributed by atoms with Gasteiger partial charge in [-0.1, -0.05) is 30.3 Å². The van der Waals surface area contributed by atoms with E-state index in [2.05, 4.69) is 10.6 Å². The van der Waals surface area contributed by atoms with Crippen molar-refractivity contribution in [2.45, 2.75) is 38.0 Å². The minimum Gasteiger partial charge on any atom is -0.364 e. The van der Waals surface area contributed by atoms with E-state index in [0.717, 1.165) is 35.3 Å². The highest BCUT2D eigenvalue weighted by molar-refractivity contribution is 6.00. The molecule has 3 amide bonds. The Kier molecular flexibility index (Phi) is 7.31. The van der Waals surface area contributed by atoms with E-state index < -0.39 is 0 Å². The van der Waals surface area contributed by atoms with E-state index in [1.54, 1.807) is 0 Å². The summed E-state index contributed by atoms with van der Waals surface area (Å²) in [6.45, 7) is 1.59. The van der Waals surface area contributed by atoms with Gasteiger partial charge < -0.3 is 26.0 Å². The predicted molar refractivity (Wildman–Crippen MR) is 119 cm³/mol. The number of hydrogen-bond acceptors (Lipinski definition) is 4. The summed E-state index contributed by atoms with van der Waals surface area (Å²) in [6.07, 6.45) is 1.85. The molecule has 0 aliphatic carbocycles. The Labute approximate surface area is 182 Å². The lowest BCUT2D eigenvalue weighted by Gasteiger charge is -2.31. The van der Waals surface area contributed by atoms with Gasteiger partial charge in [-0.05, 0) is 48.6 Å². The summed E-state index contributed by atoms with van der Waals surface area (Å²) in [5.41, 5.74) is 9.30. The highest BCUT2D eigenvalue weighted by Crippen LogP contribution is 2.28. The van der Waals surface area contributed by atoms with Crippen LogP contribution in [0.25, 0.3) is 0 Å². The molecule has 7 nitrogen and oxygen atoms in total. The number of anilines is 2. The SMILES string of the molecule is Cl.NC[C@H]1CC[C@@H](C(=O)N2CCc3c(cccc3NC(=O)Nc3ccccc3)C2)O1. The molecule has 1 saturated heterocycles. The van der Waals surface area contributed by atoms with Crippen LogP contribution in [0, 0.1) is 0 Å². The van der Waals surface area contributed by atoms with E-state index in [1.807, 2.05) is 53.4 Å². The third-order valence-electron chi connectivity index (χ3n) is 5.50. The second-order valence-corrected chi connectivity index (χ2v) is 7.46. The van der Waals surface area contributed by atoms with Gasteiger partial charge in [0.1, 0.15) is 6.10 Å². The fourth-order valence-corrected chi connectivity index (χ4v) is 3.99. The molecule has 2 aliphatic heterocycles. The molecule has 4 N–H and O–H groups in total. The van der Waals surface area contributed by atoms with Crippen molar-refractivity contribution >= 4 is 35.7 Å². The second-order valence-electron chi connectivity index (χ2n) is 7.46. The Morgan fingerprint density at radius 2 is 1.87 bits per heavy atom. The summed E-state index contributed by atoms with van der Waals surface area (Å²) in [5.74, 6) is 0.0341. The maximum Gasteiger partial charge on any atom is 0.323 e. The Hall–Kier alpha value is -2.61. The molecule has 0 bridgehead atoms. The molecule has 2 heterocycles. The molecule has 0 aromatic heterocycles. The number of halogens is 1. The first-order chi connectivity index (χ1) is 14.1. The Balaban J connectivity index is 0.00000256. The summed E-state index contributed by atoms with van der Waals surface area (Å²) >= 11 is 0. The number of nitrogens with two attached hydrogens (primary N) is 1. The quantitative estimate of drug-likeness (QED) is 0.694. The molecular weight excluding hydrogens is 404 g/mol. The van der Waals surface area contributed by atoms with Crippen molar-refractivity contribution in [3.05, 3.63) is 59.7 Å². The second kappa shape index (κ2) is 9.93. The lowest BCUT2D eigenvalue weighted by atomic mass is 9.97. The average molecular weight is 431 g/mol. The number of fused-ring (bicyclic) bond motifs is 1. The number of carbonyl (C=O) groups excluding carboxylic acids is 2. The Bertz CT molecular complexity index is 893. The first kappa shape index (κ1) is 22.1. The molecular formula is C22H27ClN4O3. The summed E-state index contributed by atoms with van der Waals surface area (Å²) in [4.78, 5) is 27.0. The molecule has 0 spiro atoms.